The maximum atomic E-state index is 14.7. The van der Waals surface area contributed by atoms with E-state index in [1.165, 1.54) is 17.1 Å². The normalized spacial score (nSPS) is 20.2. The molecule has 2 heterocycles. The highest BCUT2D eigenvalue weighted by Crippen LogP contribution is 2.43. The molecule has 1 fully saturated rings. The van der Waals surface area contributed by atoms with E-state index >= 15 is 0 Å². The van der Waals surface area contributed by atoms with Crippen molar-refractivity contribution < 1.29 is 61.8 Å². The van der Waals surface area contributed by atoms with Crippen LogP contribution in [0.2, 0.25) is 42.3 Å². The molecule has 22 nitrogen and oxygen atoms in total. The molecule has 0 saturated carbocycles. The number of guanidine groups is 1. The van der Waals surface area contributed by atoms with Crippen LogP contribution in [0.1, 0.15) is 104 Å². The van der Waals surface area contributed by atoms with Crippen LogP contribution in [0.3, 0.4) is 0 Å². The van der Waals surface area contributed by atoms with Crippen molar-refractivity contribution in [2.24, 2.45) is 16.6 Å². The lowest BCUT2D eigenvalue weighted by molar-refractivity contribution is -0.143. The van der Waals surface area contributed by atoms with Crippen molar-refractivity contribution >= 4 is 75.9 Å². The summed E-state index contributed by atoms with van der Waals surface area (Å²) in [6.45, 7) is 22.1. The molecule has 0 bridgehead atoms. The van der Waals surface area contributed by atoms with Gasteiger partial charge in [-0.25, -0.2) is 19.3 Å². The first-order valence-corrected chi connectivity index (χ1v) is 36.0. The van der Waals surface area contributed by atoms with Gasteiger partial charge in [0.05, 0.1) is 18.7 Å². The maximum Gasteiger partial charge on any atom is 0.437 e. The third kappa shape index (κ3) is 21.2. The second kappa shape index (κ2) is 33.3. The van der Waals surface area contributed by atoms with E-state index < -0.39 is 119 Å². The van der Waals surface area contributed by atoms with Gasteiger partial charge in [0.1, 0.15) is 37.1 Å². The van der Waals surface area contributed by atoms with Crippen LogP contribution in [-0.2, 0) is 62.6 Å². The number of carbonyl (C=O) groups is 9. The molecule has 2 aliphatic rings. The summed E-state index contributed by atoms with van der Waals surface area (Å²) in [5, 5.41) is 13.6. The quantitative estimate of drug-likeness (QED) is 0.0194. The van der Waals surface area contributed by atoms with E-state index in [1.807, 2.05) is 31.2 Å². The Labute approximate surface area is 514 Å². The largest absolute Gasteiger partial charge is 0.543 e. The second-order valence-corrected chi connectivity index (χ2v) is 35.4. The molecule has 3 aromatic rings. The Morgan fingerprint density at radius 3 is 1.97 bits per heavy atom. The van der Waals surface area contributed by atoms with Gasteiger partial charge in [-0.1, -0.05) is 160 Å². The fraction of sp³-hybridized carbons (Fsp3) is 0.524. The Kier molecular flexibility index (Phi) is 26.8. The van der Waals surface area contributed by atoms with Crippen molar-refractivity contribution in [3.05, 3.63) is 114 Å². The zero-order valence-electron chi connectivity index (χ0n) is 52.4. The first-order chi connectivity index (χ1) is 41.2. The second-order valence-electron chi connectivity index (χ2n) is 24.4. The van der Waals surface area contributed by atoms with E-state index in [4.69, 9.17) is 24.4 Å². The van der Waals surface area contributed by atoms with Crippen LogP contribution in [-0.4, -0.2) is 142 Å². The minimum Gasteiger partial charge on any atom is -0.543 e. The number of aliphatic imine (C=N–C) groups is 1. The predicted octanol–water partition coefficient (Wildman–Crippen LogP) is 8.03. The van der Waals surface area contributed by atoms with Crippen molar-refractivity contribution in [2.45, 2.75) is 180 Å². The van der Waals surface area contributed by atoms with Gasteiger partial charge in [-0.15, -0.1) is 4.99 Å². The van der Waals surface area contributed by atoms with Crippen molar-refractivity contribution in [1.82, 2.24) is 36.4 Å². The summed E-state index contributed by atoms with van der Waals surface area (Å²) in [7, 11) is -3.96. The SMILES string of the molecule is CC[C@H](C)[C@H]1NC(=O)C(=O)[C@H](CCCN(C(=O)OCc2ccccc2)/C(N)=N/C(=O)OCc2ccccc2)NC(=O)[C@@H]2CCCN2C(=O)[C@@H](NC(=O)OCC[Si](C)(C)C)CNC(=O)/C=C/[C@H](Cc2ccc(O[Si](C(C)C)(C(C)C)C(C)C)cc2)NC1=O. The number of ketones is 1. The number of carbonyl (C=O) groups excluding carboxylic acids is 9. The number of hydrogen-bond acceptors (Lipinski definition) is 13. The zero-order chi connectivity index (χ0) is 64.0. The molecule has 0 aliphatic carbocycles. The standard InChI is InChI=1S/C63H91N9O13Si2/c1-12-44(8)54-57(76)66-48(37-45-27-30-49(31-28-45)85-87(41(2)3,42(4)5)43(6)7)29-32-53(73)65-38-51(68-61(79)82-35-36-86(9,10)11)59(78)71-33-20-26-52(71)56(75)67-50(55(74)58(77)69-54)25-19-34-72(63(81)84-40-47-23-17-14-18-24-47)60(64)70-62(80)83-39-46-21-15-13-16-22-46/h13-18,21-24,27-32,41-44,48,50-52,54H,12,19-20,25-26,33-40H2,1-11H3,(H,65,73)(H,66,76)(H,67,75)(H,68,79)(H,69,77)(H2,64,70,80)/b32-29+/t44-,48+,50-,51-,52-,54+/m0/s1. The average Bonchev–Trinajstić information content (AvgIpc) is 2.96. The molecule has 8 amide bonds. The van der Waals surface area contributed by atoms with E-state index in [0.717, 1.165) is 10.5 Å². The van der Waals surface area contributed by atoms with E-state index in [9.17, 15) is 43.2 Å². The van der Waals surface area contributed by atoms with E-state index in [2.05, 4.69) is 92.8 Å². The summed E-state index contributed by atoms with van der Waals surface area (Å²) in [6, 6.07) is 19.2. The molecule has 87 heavy (non-hydrogen) atoms. The molecule has 474 valence electrons. The fourth-order valence-electron chi connectivity index (χ4n) is 10.8. The molecule has 6 atom stereocenters. The highest BCUT2D eigenvalue weighted by atomic mass is 28.4. The molecular weight excluding hydrogens is 1150 g/mol. The van der Waals surface area contributed by atoms with Crippen LogP contribution in [0.4, 0.5) is 14.4 Å². The van der Waals surface area contributed by atoms with Gasteiger partial charge < -0.3 is 55.9 Å². The molecule has 0 unspecified atom stereocenters. The monoisotopic (exact) mass is 1240 g/mol. The number of hydrogen-bond donors (Lipinski definition) is 6. The number of Topliss-reactive ketones (excluding diaryl/α,β-unsaturated/α-hetero) is 1. The number of nitrogens with two attached hydrogens (primary N) is 1. The summed E-state index contributed by atoms with van der Waals surface area (Å²) in [5.74, 6) is -5.73. The maximum absolute atomic E-state index is 14.7. The van der Waals surface area contributed by atoms with E-state index in [0.29, 0.717) is 52.4 Å². The van der Waals surface area contributed by atoms with Crippen molar-refractivity contribution in [1.29, 1.82) is 0 Å². The lowest BCUT2D eigenvalue weighted by Gasteiger charge is -2.42. The van der Waals surface area contributed by atoms with Crippen molar-refractivity contribution in [3.8, 4) is 5.75 Å². The molecule has 24 heteroatoms. The summed E-state index contributed by atoms with van der Waals surface area (Å²) >= 11 is 0. The Morgan fingerprint density at radius 2 is 1.38 bits per heavy atom. The number of nitrogens with zero attached hydrogens (tertiary/aromatic N) is 3. The Bertz CT molecular complexity index is 2860. The molecule has 2 aliphatic heterocycles. The number of fused-ring (bicyclic) bond motifs is 1. The molecule has 1 saturated heterocycles. The lowest BCUT2D eigenvalue weighted by Crippen LogP contribution is -2.59. The number of ether oxygens (including phenoxy) is 3. The minimum atomic E-state index is -2.31. The third-order valence-electron chi connectivity index (χ3n) is 15.8. The first kappa shape index (κ1) is 69.9. The fourth-order valence-corrected chi connectivity index (χ4v) is 16.8. The molecule has 7 N–H and O–H groups in total. The average molecular weight is 1240 g/mol. The van der Waals surface area contributed by atoms with Gasteiger partial charge >= 0.3 is 18.3 Å². The number of rotatable bonds is 21. The molecule has 0 radical (unpaired) electrons. The van der Waals surface area contributed by atoms with Crippen LogP contribution >= 0.6 is 0 Å². The Hall–Kier alpha value is -7.87. The van der Waals surface area contributed by atoms with Crippen LogP contribution in [0.25, 0.3) is 0 Å². The minimum absolute atomic E-state index is 0.0499. The number of alkyl carbamates (subject to hydrolysis) is 1. The Morgan fingerprint density at radius 1 is 0.770 bits per heavy atom. The highest BCUT2D eigenvalue weighted by Gasteiger charge is 2.47. The van der Waals surface area contributed by atoms with Gasteiger partial charge in [0.2, 0.25) is 35.4 Å². The van der Waals surface area contributed by atoms with Gasteiger partial charge in [0, 0.05) is 33.8 Å². The molecular formula is C63H91N9O13Si2. The van der Waals surface area contributed by atoms with Crippen LogP contribution in [0, 0.1) is 5.92 Å². The van der Waals surface area contributed by atoms with Gasteiger partial charge in [0.25, 0.3) is 14.2 Å². The van der Waals surface area contributed by atoms with Gasteiger partial charge in [0.15, 0.2) is 0 Å². The van der Waals surface area contributed by atoms with Gasteiger partial charge in [-0.05, 0) is 89.5 Å². The third-order valence-corrected chi connectivity index (χ3v) is 23.5. The van der Waals surface area contributed by atoms with Crippen molar-refractivity contribution in [3.63, 3.8) is 0 Å². The topological polar surface area (TPSA) is 296 Å². The molecule has 3 aromatic carbocycles. The van der Waals surface area contributed by atoms with Gasteiger partial charge in [-0.2, -0.15) is 0 Å². The number of amides is 8. The predicted molar refractivity (Wildman–Crippen MR) is 336 cm³/mol. The molecule has 5 rings (SSSR count). The van der Waals surface area contributed by atoms with E-state index in [-0.39, 0.29) is 58.6 Å². The van der Waals surface area contributed by atoms with Gasteiger partial charge in [-0.3, -0.25) is 28.8 Å². The zero-order valence-corrected chi connectivity index (χ0v) is 54.4. The summed E-state index contributed by atoms with van der Waals surface area (Å²) in [5.41, 5.74) is 9.35. The molecule has 0 aromatic heterocycles. The smallest absolute Gasteiger partial charge is 0.437 e. The Balaban J connectivity index is 1.50. The lowest BCUT2D eigenvalue weighted by atomic mass is 9.96. The summed E-state index contributed by atoms with van der Waals surface area (Å²) in [6.07, 6.45) is 0.104. The van der Waals surface area contributed by atoms with Crippen LogP contribution in [0.15, 0.2) is 102 Å². The molecule has 0 spiro atoms. The number of benzene rings is 3. The summed E-state index contributed by atoms with van der Waals surface area (Å²) in [4.78, 5) is 133. The van der Waals surface area contributed by atoms with Crippen LogP contribution in [0.5, 0.6) is 5.75 Å². The highest BCUT2D eigenvalue weighted by molar-refractivity contribution is 6.78. The number of nitrogens with one attached hydrogen (secondary N) is 5. The van der Waals surface area contributed by atoms with E-state index in [1.54, 1.807) is 67.6 Å². The summed E-state index contributed by atoms with van der Waals surface area (Å²) < 4.78 is 23.3. The van der Waals surface area contributed by atoms with Crippen LogP contribution < -0.4 is 36.7 Å². The van der Waals surface area contributed by atoms with Crippen molar-refractivity contribution in [2.75, 3.05) is 26.2 Å². The first-order valence-electron chi connectivity index (χ1n) is 30.2.